The van der Waals surface area contributed by atoms with Crippen molar-refractivity contribution in [2.75, 3.05) is 0 Å². The number of carbonyl (C=O) groups excluding carboxylic acids is 1. The van der Waals surface area contributed by atoms with Crippen LogP contribution in [0.25, 0.3) is 28.2 Å². The fraction of sp³-hybridized carbons (Fsp3) is 0.192. The minimum atomic E-state index is -0.856. The summed E-state index contributed by atoms with van der Waals surface area (Å²) in [7, 11) is 0. The standard InChI is InChI=1S/C26H24ClN3O5/c1-16(31)29(25(33)35-26(2,3)4)15-20-22(24-28-12-13-34-24)30(18-8-6-5-7-9-18)21-14-17(27)10-11-19(21)23(20)32/h5-14,31H,1,15H2,2-4H3. The molecule has 4 rings (SSSR count). The van der Waals surface area contributed by atoms with Crippen molar-refractivity contribution in [3.05, 3.63) is 94.3 Å². The molecule has 8 nitrogen and oxygen atoms in total. The molecule has 0 spiro atoms. The van der Waals surface area contributed by atoms with Gasteiger partial charge in [-0.05, 0) is 57.7 Å². The number of rotatable bonds is 5. The van der Waals surface area contributed by atoms with Crippen LogP contribution in [0.5, 0.6) is 0 Å². The minimum absolute atomic E-state index is 0.146. The highest BCUT2D eigenvalue weighted by Gasteiger charge is 2.29. The Morgan fingerprint density at radius 2 is 1.94 bits per heavy atom. The van der Waals surface area contributed by atoms with Gasteiger partial charge in [0.2, 0.25) is 5.89 Å². The summed E-state index contributed by atoms with van der Waals surface area (Å²) >= 11 is 6.31. The third kappa shape index (κ3) is 4.93. The molecule has 0 fully saturated rings. The molecule has 2 aromatic carbocycles. The molecule has 0 atom stereocenters. The Bertz CT molecular complexity index is 1450. The SMILES string of the molecule is C=C(O)N(Cc1c(-c2ncco2)n(-c2ccccc2)c2cc(Cl)ccc2c1=O)C(=O)OC(C)(C)C. The number of para-hydroxylation sites is 1. The summed E-state index contributed by atoms with van der Waals surface area (Å²) in [5.41, 5.74) is 0.466. The van der Waals surface area contributed by atoms with E-state index in [1.54, 1.807) is 43.5 Å². The number of fused-ring (bicyclic) bond motifs is 1. The lowest BCUT2D eigenvalue weighted by Gasteiger charge is -2.27. The molecule has 2 heterocycles. The van der Waals surface area contributed by atoms with E-state index in [0.717, 1.165) is 4.90 Å². The molecule has 0 aliphatic rings. The average molecular weight is 494 g/mol. The van der Waals surface area contributed by atoms with Crippen LogP contribution in [0.4, 0.5) is 4.79 Å². The van der Waals surface area contributed by atoms with Gasteiger partial charge in [-0.1, -0.05) is 29.8 Å². The maximum absolute atomic E-state index is 13.8. The molecule has 0 aliphatic carbocycles. The monoisotopic (exact) mass is 493 g/mol. The van der Waals surface area contributed by atoms with Crippen molar-refractivity contribution < 1.29 is 19.1 Å². The molecule has 0 unspecified atom stereocenters. The van der Waals surface area contributed by atoms with Gasteiger partial charge in [0.1, 0.15) is 17.6 Å². The van der Waals surface area contributed by atoms with E-state index in [9.17, 15) is 14.7 Å². The van der Waals surface area contributed by atoms with Gasteiger partial charge in [0.15, 0.2) is 11.3 Å². The molecular formula is C26H24ClN3O5. The Labute approximate surface area is 206 Å². The summed E-state index contributed by atoms with van der Waals surface area (Å²) in [6, 6.07) is 14.2. The second-order valence-electron chi connectivity index (χ2n) is 8.81. The fourth-order valence-electron chi connectivity index (χ4n) is 3.70. The molecule has 0 radical (unpaired) electrons. The molecule has 4 aromatic rings. The molecule has 0 bridgehead atoms. The van der Waals surface area contributed by atoms with Gasteiger partial charge in [0, 0.05) is 21.7 Å². The molecular weight excluding hydrogens is 470 g/mol. The van der Waals surface area contributed by atoms with Gasteiger partial charge in [-0.15, -0.1) is 0 Å². The first kappa shape index (κ1) is 24.1. The van der Waals surface area contributed by atoms with Crippen LogP contribution < -0.4 is 5.43 Å². The molecule has 1 N–H and O–H groups in total. The van der Waals surface area contributed by atoms with E-state index < -0.39 is 17.6 Å². The van der Waals surface area contributed by atoms with Crippen molar-refractivity contribution in [3.63, 3.8) is 0 Å². The zero-order valence-corrected chi connectivity index (χ0v) is 20.2. The van der Waals surface area contributed by atoms with E-state index in [1.165, 1.54) is 12.5 Å². The van der Waals surface area contributed by atoms with Gasteiger partial charge in [0.25, 0.3) is 0 Å². The number of ether oxygens (including phenoxy) is 1. The number of hydrogen-bond donors (Lipinski definition) is 1. The van der Waals surface area contributed by atoms with E-state index in [1.807, 2.05) is 30.3 Å². The Kier molecular flexibility index (Phi) is 6.41. The Hall–Kier alpha value is -4.04. The van der Waals surface area contributed by atoms with Crippen LogP contribution in [0.15, 0.2) is 82.7 Å². The first-order valence-corrected chi connectivity index (χ1v) is 11.2. The number of nitrogens with zero attached hydrogens (tertiary/aromatic N) is 3. The lowest BCUT2D eigenvalue weighted by atomic mass is 10.0. The predicted octanol–water partition coefficient (Wildman–Crippen LogP) is 6.07. The number of aromatic nitrogens is 2. The van der Waals surface area contributed by atoms with Crippen molar-refractivity contribution in [1.29, 1.82) is 0 Å². The zero-order valence-electron chi connectivity index (χ0n) is 19.5. The summed E-state index contributed by atoms with van der Waals surface area (Å²) < 4.78 is 12.8. The molecule has 0 aliphatic heterocycles. The lowest BCUT2D eigenvalue weighted by molar-refractivity contribution is 0.0213. The van der Waals surface area contributed by atoms with Gasteiger partial charge in [-0.3, -0.25) is 4.79 Å². The van der Waals surface area contributed by atoms with E-state index in [0.29, 0.717) is 27.3 Å². The predicted molar refractivity (Wildman–Crippen MR) is 134 cm³/mol. The summed E-state index contributed by atoms with van der Waals surface area (Å²) in [5.74, 6) is -0.421. The molecule has 9 heteroatoms. The number of carbonyl (C=O) groups is 1. The molecule has 2 aromatic heterocycles. The first-order chi connectivity index (χ1) is 16.6. The average Bonchev–Trinajstić information content (AvgIpc) is 3.31. The second kappa shape index (κ2) is 9.31. The zero-order chi connectivity index (χ0) is 25.3. The smallest absolute Gasteiger partial charge is 0.417 e. The fourth-order valence-corrected chi connectivity index (χ4v) is 3.87. The summed E-state index contributed by atoms with van der Waals surface area (Å²) in [4.78, 5) is 31.9. The van der Waals surface area contributed by atoms with E-state index in [2.05, 4.69) is 11.6 Å². The Morgan fingerprint density at radius 3 is 2.54 bits per heavy atom. The third-order valence-corrected chi connectivity index (χ3v) is 5.35. The van der Waals surface area contributed by atoms with Crippen LogP contribution >= 0.6 is 11.6 Å². The quantitative estimate of drug-likeness (QED) is 0.339. The Balaban J connectivity index is 2.06. The van der Waals surface area contributed by atoms with Crippen molar-refractivity contribution >= 4 is 28.6 Å². The highest BCUT2D eigenvalue weighted by molar-refractivity contribution is 6.31. The maximum Gasteiger partial charge on any atom is 0.417 e. The second-order valence-corrected chi connectivity index (χ2v) is 9.25. The van der Waals surface area contributed by atoms with Gasteiger partial charge in [0.05, 0.1) is 18.3 Å². The number of aliphatic hydroxyl groups excluding tert-OH is 1. The lowest BCUT2D eigenvalue weighted by Crippen LogP contribution is -2.37. The number of pyridine rings is 1. The molecule has 35 heavy (non-hydrogen) atoms. The van der Waals surface area contributed by atoms with Crippen LogP contribution in [0, 0.1) is 0 Å². The van der Waals surface area contributed by atoms with Crippen LogP contribution in [-0.4, -0.2) is 31.3 Å². The van der Waals surface area contributed by atoms with Crippen molar-refractivity contribution in [2.24, 2.45) is 0 Å². The van der Waals surface area contributed by atoms with Crippen LogP contribution in [0.3, 0.4) is 0 Å². The number of oxazole rings is 1. The van der Waals surface area contributed by atoms with Crippen LogP contribution in [-0.2, 0) is 11.3 Å². The van der Waals surface area contributed by atoms with Gasteiger partial charge in [-0.25, -0.2) is 14.7 Å². The van der Waals surface area contributed by atoms with Crippen molar-refractivity contribution in [1.82, 2.24) is 14.5 Å². The Morgan fingerprint density at radius 1 is 1.23 bits per heavy atom. The number of amides is 1. The number of aliphatic hydroxyl groups is 1. The van der Waals surface area contributed by atoms with Crippen molar-refractivity contribution in [2.45, 2.75) is 32.9 Å². The number of benzene rings is 2. The van der Waals surface area contributed by atoms with E-state index in [-0.39, 0.29) is 23.4 Å². The maximum atomic E-state index is 13.8. The normalized spacial score (nSPS) is 11.4. The minimum Gasteiger partial charge on any atom is -0.495 e. The molecule has 0 saturated carbocycles. The number of hydrogen-bond acceptors (Lipinski definition) is 6. The number of halogens is 1. The largest absolute Gasteiger partial charge is 0.495 e. The van der Waals surface area contributed by atoms with Crippen LogP contribution in [0.1, 0.15) is 26.3 Å². The van der Waals surface area contributed by atoms with Gasteiger partial charge < -0.3 is 18.8 Å². The molecule has 0 saturated heterocycles. The highest BCUT2D eigenvalue weighted by atomic mass is 35.5. The summed E-state index contributed by atoms with van der Waals surface area (Å²) in [6.07, 6.45) is 1.99. The summed E-state index contributed by atoms with van der Waals surface area (Å²) in [5, 5.41) is 11.0. The topological polar surface area (TPSA) is 97.8 Å². The first-order valence-electron chi connectivity index (χ1n) is 10.8. The van der Waals surface area contributed by atoms with Crippen LogP contribution in [0.2, 0.25) is 5.02 Å². The molecule has 180 valence electrons. The summed E-state index contributed by atoms with van der Waals surface area (Å²) in [6.45, 7) is 8.25. The molecule has 1 amide bonds. The highest BCUT2D eigenvalue weighted by Crippen LogP contribution is 2.31. The van der Waals surface area contributed by atoms with Gasteiger partial charge in [-0.2, -0.15) is 0 Å². The third-order valence-electron chi connectivity index (χ3n) is 5.12. The van der Waals surface area contributed by atoms with Crippen molar-refractivity contribution in [3.8, 4) is 17.3 Å². The van der Waals surface area contributed by atoms with E-state index in [4.69, 9.17) is 20.8 Å². The van der Waals surface area contributed by atoms with E-state index >= 15 is 0 Å². The van der Waals surface area contributed by atoms with Gasteiger partial charge >= 0.3 is 6.09 Å².